The second-order valence-corrected chi connectivity index (χ2v) is 16.1. The van der Waals surface area contributed by atoms with Gasteiger partial charge in [-0.1, -0.05) is 139 Å². The van der Waals surface area contributed by atoms with Crippen molar-refractivity contribution in [3.63, 3.8) is 0 Å². The molecule has 4 aromatic carbocycles. The van der Waals surface area contributed by atoms with Gasteiger partial charge in [-0.05, 0) is 91.9 Å². The normalized spacial score (nSPS) is 16.1. The highest BCUT2D eigenvalue weighted by Gasteiger charge is 2.37. The van der Waals surface area contributed by atoms with Gasteiger partial charge in [0.25, 0.3) is 0 Å². The van der Waals surface area contributed by atoms with Crippen molar-refractivity contribution < 1.29 is 8.83 Å². The van der Waals surface area contributed by atoms with Crippen LogP contribution >= 0.6 is 0 Å². The number of aromatic nitrogens is 2. The molecule has 0 spiro atoms. The number of oxazole rings is 2. The molecule has 0 amide bonds. The van der Waals surface area contributed by atoms with E-state index in [1.165, 1.54) is 45.7 Å². The lowest BCUT2D eigenvalue weighted by atomic mass is 9.73. The zero-order valence-electron chi connectivity index (χ0n) is 35.6. The molecule has 0 bridgehead atoms. The van der Waals surface area contributed by atoms with E-state index in [9.17, 15) is 0 Å². The maximum absolute atomic E-state index is 6.01. The van der Waals surface area contributed by atoms with Crippen LogP contribution in [0.2, 0.25) is 0 Å². The van der Waals surface area contributed by atoms with Crippen molar-refractivity contribution in [2.75, 3.05) is 9.80 Å². The molecule has 298 valence electrons. The zero-order chi connectivity index (χ0) is 42.1. The highest BCUT2D eigenvalue weighted by molar-refractivity contribution is 5.90. The van der Waals surface area contributed by atoms with Crippen LogP contribution in [0.4, 0.5) is 17.1 Å². The van der Waals surface area contributed by atoms with Crippen molar-refractivity contribution in [1.29, 1.82) is 0 Å². The molecule has 2 aromatic heterocycles. The van der Waals surface area contributed by atoms with Gasteiger partial charge in [-0.2, -0.15) is 0 Å². The summed E-state index contributed by atoms with van der Waals surface area (Å²) in [6.07, 6.45) is 16.8. The number of para-hydroxylation sites is 3. The van der Waals surface area contributed by atoms with E-state index < -0.39 is 0 Å². The van der Waals surface area contributed by atoms with Gasteiger partial charge < -0.3 is 18.6 Å². The Balaban J connectivity index is 0.000000189. The fraction of sp³-hybridized carbons (Fsp3) is 0.208. The van der Waals surface area contributed by atoms with Crippen LogP contribution in [-0.4, -0.2) is 9.97 Å². The molecule has 0 N–H and O–H groups in total. The number of benzene rings is 4. The van der Waals surface area contributed by atoms with E-state index in [0.29, 0.717) is 17.1 Å². The molecule has 2 aliphatic rings. The summed E-state index contributed by atoms with van der Waals surface area (Å²) in [6.45, 7) is 29.6. The fourth-order valence-corrected chi connectivity index (χ4v) is 8.26. The summed E-state index contributed by atoms with van der Waals surface area (Å²) >= 11 is 0. The van der Waals surface area contributed by atoms with Crippen LogP contribution in [0.25, 0.3) is 27.8 Å². The van der Waals surface area contributed by atoms with Crippen molar-refractivity contribution in [2.24, 2.45) is 0 Å². The van der Waals surface area contributed by atoms with Crippen LogP contribution in [0, 0.1) is 0 Å². The maximum Gasteiger partial charge on any atom is 0.222 e. The van der Waals surface area contributed by atoms with Crippen molar-refractivity contribution >= 4 is 44.8 Å². The molecular weight excluding hydrogens is 725 g/mol. The molecule has 0 radical (unpaired) electrons. The van der Waals surface area contributed by atoms with Crippen LogP contribution in [0.5, 0.6) is 0 Å². The summed E-state index contributed by atoms with van der Waals surface area (Å²) in [5.41, 5.74) is 16.8. The Bertz CT molecular complexity index is 2660. The summed E-state index contributed by atoms with van der Waals surface area (Å²) < 4.78 is 11.4. The third-order valence-corrected chi connectivity index (χ3v) is 11.6. The lowest BCUT2D eigenvalue weighted by Gasteiger charge is -2.42. The first-order chi connectivity index (χ1) is 28.3. The van der Waals surface area contributed by atoms with Gasteiger partial charge in [0.05, 0.1) is 5.69 Å². The number of nitrogens with zero attached hydrogens (tertiary/aromatic N) is 4. The number of fused-ring (bicyclic) bond motifs is 5. The third kappa shape index (κ3) is 7.36. The van der Waals surface area contributed by atoms with Gasteiger partial charge in [-0.3, -0.25) is 0 Å². The van der Waals surface area contributed by atoms with Crippen LogP contribution in [0.3, 0.4) is 0 Å². The number of rotatable bonds is 9. The number of anilines is 3. The van der Waals surface area contributed by atoms with Gasteiger partial charge >= 0.3 is 0 Å². The Morgan fingerprint density at radius 2 is 1.32 bits per heavy atom. The number of allylic oxidation sites excluding steroid dienone is 11. The second kappa shape index (κ2) is 16.3. The van der Waals surface area contributed by atoms with Gasteiger partial charge in [0, 0.05) is 50.9 Å². The predicted octanol–water partition coefficient (Wildman–Crippen LogP) is 14.6. The molecule has 6 nitrogen and oxygen atoms in total. The fourth-order valence-electron chi connectivity index (χ4n) is 8.26. The van der Waals surface area contributed by atoms with Gasteiger partial charge in [-0.15, -0.1) is 0 Å². The molecule has 0 aliphatic carbocycles. The first kappa shape index (κ1) is 40.5. The summed E-state index contributed by atoms with van der Waals surface area (Å²) in [5.74, 6) is 0.590. The molecule has 8 rings (SSSR count). The highest BCUT2D eigenvalue weighted by atomic mass is 16.4. The van der Waals surface area contributed by atoms with Crippen LogP contribution < -0.4 is 9.80 Å². The van der Waals surface area contributed by atoms with Crippen LogP contribution in [0.1, 0.15) is 84.4 Å². The average Bonchev–Trinajstić information content (AvgIpc) is 3.89. The van der Waals surface area contributed by atoms with Crippen molar-refractivity contribution in [1.82, 2.24) is 9.97 Å². The predicted molar refractivity (Wildman–Crippen MR) is 248 cm³/mol. The van der Waals surface area contributed by atoms with Crippen molar-refractivity contribution in [2.45, 2.75) is 72.6 Å². The minimum absolute atomic E-state index is 0.0675. The van der Waals surface area contributed by atoms with Gasteiger partial charge in [0.1, 0.15) is 11.0 Å². The molecule has 0 saturated heterocycles. The SMILES string of the molecule is C/C(=C\C=C(/C)N1c2ccccc2C(C)(C)c2ccccc21)c1nc2cc3ncoc3cc2o1.C=CC1=C(C=C)C(C)(C)c2ccccc2N1C(/C=C\C(=C)CC)=C/C. The van der Waals surface area contributed by atoms with Crippen LogP contribution in [-0.2, 0) is 10.8 Å². The largest absolute Gasteiger partial charge is 0.443 e. The third-order valence-electron chi connectivity index (χ3n) is 11.6. The van der Waals surface area contributed by atoms with Crippen molar-refractivity contribution in [3.8, 4) is 0 Å². The topological polar surface area (TPSA) is 58.5 Å². The lowest BCUT2D eigenvalue weighted by Crippen LogP contribution is -2.35. The zero-order valence-corrected chi connectivity index (χ0v) is 35.6. The molecule has 4 heterocycles. The Morgan fingerprint density at radius 3 is 1.90 bits per heavy atom. The average molecular weight is 779 g/mol. The van der Waals surface area contributed by atoms with E-state index in [0.717, 1.165) is 45.7 Å². The van der Waals surface area contributed by atoms with Crippen LogP contribution in [0.15, 0.2) is 191 Å². The summed E-state index contributed by atoms with van der Waals surface area (Å²) in [4.78, 5) is 13.5. The molecule has 2 aliphatic heterocycles. The summed E-state index contributed by atoms with van der Waals surface area (Å²) in [7, 11) is 0. The summed E-state index contributed by atoms with van der Waals surface area (Å²) in [6, 6.07) is 29.6. The first-order valence-corrected chi connectivity index (χ1v) is 20.3. The van der Waals surface area contributed by atoms with E-state index in [1.807, 2.05) is 31.2 Å². The Morgan fingerprint density at radius 1 is 0.729 bits per heavy atom. The molecule has 0 unspecified atom stereocenters. The smallest absolute Gasteiger partial charge is 0.222 e. The quantitative estimate of drug-likeness (QED) is 0.136. The molecular formula is C53H54N4O2. The van der Waals surface area contributed by atoms with Gasteiger partial charge in [0.2, 0.25) is 5.89 Å². The van der Waals surface area contributed by atoms with Gasteiger partial charge in [-0.25, -0.2) is 9.97 Å². The van der Waals surface area contributed by atoms with E-state index >= 15 is 0 Å². The molecule has 6 heteroatoms. The molecule has 0 saturated carbocycles. The second-order valence-electron chi connectivity index (χ2n) is 16.1. The van der Waals surface area contributed by atoms with Gasteiger partial charge in [0.15, 0.2) is 17.6 Å². The molecule has 0 atom stereocenters. The summed E-state index contributed by atoms with van der Waals surface area (Å²) in [5, 5.41) is 0. The van der Waals surface area contributed by atoms with E-state index in [4.69, 9.17) is 8.83 Å². The molecule has 6 aromatic rings. The monoisotopic (exact) mass is 778 g/mol. The molecule has 59 heavy (non-hydrogen) atoms. The van der Waals surface area contributed by atoms with E-state index in [1.54, 1.807) is 0 Å². The maximum atomic E-state index is 6.01. The van der Waals surface area contributed by atoms with Crippen molar-refractivity contribution in [3.05, 3.63) is 204 Å². The number of hydrogen-bond acceptors (Lipinski definition) is 6. The minimum Gasteiger partial charge on any atom is -0.443 e. The Labute approximate surface area is 349 Å². The first-order valence-electron chi connectivity index (χ1n) is 20.3. The Kier molecular flexibility index (Phi) is 11.2. The number of hydrogen-bond donors (Lipinski definition) is 0. The minimum atomic E-state index is -0.117. The highest BCUT2D eigenvalue weighted by Crippen LogP contribution is 2.50. The van der Waals surface area contributed by atoms with E-state index in [2.05, 4.69) is 191 Å². The standard InChI is InChI=1S/C29H25N3O2.C24H29N/c1-18(28-31-23-15-22-26(33-17-30-22)16-27(23)34-28)13-14-19(2)32-24-11-7-5-9-20(24)29(3,4)21-10-6-8-12-25(21)32;1-8-18(5)16-17-19(9-2)25-22(11-4)20(10-3)24(6,7)21-14-12-13-15-23(21)25/h5-17H,1-4H3;9-17H,3-5,8H2,1-2,6-7H3/b18-13+,19-14+;17-16-,19-9+. The van der Waals surface area contributed by atoms with E-state index in [-0.39, 0.29) is 10.8 Å². The molecule has 0 fully saturated rings. The lowest BCUT2D eigenvalue weighted by molar-refractivity contribution is 0.579. The Hall–Kier alpha value is -6.66.